The van der Waals surface area contributed by atoms with Crippen LogP contribution in [-0.4, -0.2) is 9.78 Å². The number of aromatic nitrogens is 2. The Kier molecular flexibility index (Phi) is 3.18. The molecule has 0 saturated carbocycles. The zero-order chi connectivity index (χ0) is 12.6. The summed E-state index contributed by atoms with van der Waals surface area (Å²) in [4.78, 5) is 0. The first kappa shape index (κ1) is 12.4. The highest BCUT2D eigenvalue weighted by atomic mass is 79.9. The van der Waals surface area contributed by atoms with Gasteiger partial charge in [0.1, 0.15) is 0 Å². The molecule has 2 rings (SSSR count). The molecule has 1 aromatic heterocycles. The van der Waals surface area contributed by atoms with Crippen molar-refractivity contribution in [3.8, 4) is 5.69 Å². The second-order valence-electron chi connectivity index (χ2n) is 3.23. The van der Waals surface area contributed by atoms with Crippen LogP contribution in [0.5, 0.6) is 0 Å². The van der Waals surface area contributed by atoms with Crippen molar-refractivity contribution in [1.29, 1.82) is 0 Å². The lowest BCUT2D eigenvalue weighted by Gasteiger charge is -2.11. The summed E-state index contributed by atoms with van der Waals surface area (Å²) in [5.41, 5.74) is -0.602. The predicted molar refractivity (Wildman–Crippen MR) is 61.3 cm³/mol. The van der Waals surface area contributed by atoms with Gasteiger partial charge in [0.05, 0.1) is 16.4 Å². The summed E-state index contributed by atoms with van der Waals surface area (Å²) < 4.78 is 39.1. The smallest absolute Gasteiger partial charge is 0.227 e. The van der Waals surface area contributed by atoms with E-state index in [9.17, 15) is 13.2 Å². The first-order chi connectivity index (χ1) is 7.89. The molecule has 1 heterocycles. The molecule has 0 fully saturated rings. The summed E-state index contributed by atoms with van der Waals surface area (Å²) in [6.07, 6.45) is -3.39. The van der Waals surface area contributed by atoms with Crippen LogP contribution in [0.15, 0.2) is 34.9 Å². The number of rotatable bonds is 1. The number of hydrogen-bond donors (Lipinski definition) is 0. The first-order valence-corrected chi connectivity index (χ1v) is 5.63. The average molecular weight is 326 g/mol. The summed E-state index contributed by atoms with van der Waals surface area (Å²) in [6, 6.07) is 6.06. The van der Waals surface area contributed by atoms with Gasteiger partial charge in [0, 0.05) is 5.02 Å². The van der Waals surface area contributed by atoms with Gasteiger partial charge < -0.3 is 0 Å². The number of hydrogen-bond acceptors (Lipinski definition) is 1. The highest BCUT2D eigenvalue weighted by Crippen LogP contribution is 2.36. The van der Waals surface area contributed by atoms with Crippen LogP contribution in [0, 0.1) is 0 Å². The Bertz CT molecular complexity index is 551. The van der Waals surface area contributed by atoms with Crippen LogP contribution >= 0.6 is 27.5 Å². The molecule has 0 amide bonds. The van der Waals surface area contributed by atoms with E-state index in [0.717, 1.165) is 10.9 Å². The van der Waals surface area contributed by atoms with Crippen molar-refractivity contribution in [2.45, 2.75) is 6.18 Å². The van der Waals surface area contributed by atoms with Gasteiger partial charge in [0.2, 0.25) is 0 Å². The van der Waals surface area contributed by atoms with E-state index in [1.165, 1.54) is 12.1 Å². The van der Waals surface area contributed by atoms with Gasteiger partial charge in [-0.25, -0.2) is 4.68 Å². The molecule has 1 aromatic carbocycles. The molecule has 0 bridgehead atoms. The molecule has 17 heavy (non-hydrogen) atoms. The summed E-state index contributed by atoms with van der Waals surface area (Å²) in [5, 5.41) is 4.03. The van der Waals surface area contributed by atoms with Gasteiger partial charge in [-0.3, -0.25) is 0 Å². The lowest BCUT2D eigenvalue weighted by molar-refractivity contribution is -0.143. The van der Waals surface area contributed by atoms with Crippen molar-refractivity contribution >= 4 is 27.5 Å². The van der Waals surface area contributed by atoms with Crippen LogP contribution in [0.4, 0.5) is 13.2 Å². The second-order valence-corrected chi connectivity index (χ2v) is 4.52. The van der Waals surface area contributed by atoms with E-state index in [4.69, 9.17) is 11.6 Å². The van der Waals surface area contributed by atoms with Crippen molar-refractivity contribution in [1.82, 2.24) is 9.78 Å². The van der Waals surface area contributed by atoms with Gasteiger partial charge in [0.15, 0.2) is 5.69 Å². The van der Waals surface area contributed by atoms with Crippen molar-refractivity contribution in [2.75, 3.05) is 0 Å². The molecule has 0 aliphatic heterocycles. The molecule has 2 nitrogen and oxygen atoms in total. The van der Waals surface area contributed by atoms with Crippen LogP contribution in [0.25, 0.3) is 5.69 Å². The third-order valence-electron chi connectivity index (χ3n) is 2.05. The van der Waals surface area contributed by atoms with E-state index < -0.39 is 11.9 Å². The standard InChI is InChI=1S/C10H5BrClF3N2/c11-8-5-16-17(9(8)10(13,14)15)7-3-1-2-6(12)4-7/h1-5H. The Morgan fingerprint density at radius 3 is 2.59 bits per heavy atom. The summed E-state index contributed by atoms with van der Waals surface area (Å²) in [6.45, 7) is 0. The molecule has 2 aromatic rings. The zero-order valence-corrected chi connectivity index (χ0v) is 10.5. The third-order valence-corrected chi connectivity index (χ3v) is 2.86. The normalized spacial score (nSPS) is 11.8. The van der Waals surface area contributed by atoms with Crippen molar-refractivity contribution in [3.05, 3.63) is 45.7 Å². The van der Waals surface area contributed by atoms with Crippen LogP contribution in [0.2, 0.25) is 5.02 Å². The highest BCUT2D eigenvalue weighted by Gasteiger charge is 2.38. The molecule has 0 saturated heterocycles. The van der Waals surface area contributed by atoms with Crippen molar-refractivity contribution in [2.24, 2.45) is 0 Å². The molecule has 7 heteroatoms. The molecular weight excluding hydrogens is 320 g/mol. The maximum Gasteiger partial charge on any atom is 0.434 e. The molecule has 0 aliphatic carbocycles. The Hall–Kier alpha value is -1.01. The van der Waals surface area contributed by atoms with Gasteiger partial charge in [-0.05, 0) is 34.1 Å². The number of halogens is 5. The number of benzene rings is 1. The Morgan fingerprint density at radius 1 is 1.29 bits per heavy atom. The monoisotopic (exact) mass is 324 g/mol. The quantitative estimate of drug-likeness (QED) is 0.764. The van der Waals surface area contributed by atoms with E-state index in [0.29, 0.717) is 5.02 Å². The van der Waals surface area contributed by atoms with E-state index in [1.54, 1.807) is 12.1 Å². The van der Waals surface area contributed by atoms with Gasteiger partial charge >= 0.3 is 6.18 Å². The third kappa shape index (κ3) is 2.47. The van der Waals surface area contributed by atoms with Crippen molar-refractivity contribution in [3.63, 3.8) is 0 Å². The first-order valence-electron chi connectivity index (χ1n) is 4.46. The van der Waals surface area contributed by atoms with E-state index >= 15 is 0 Å². The summed E-state index contributed by atoms with van der Waals surface area (Å²) in [7, 11) is 0. The van der Waals surface area contributed by atoms with Gasteiger partial charge in [-0.1, -0.05) is 17.7 Å². The predicted octanol–water partition coefficient (Wildman–Crippen LogP) is 4.31. The van der Waals surface area contributed by atoms with Crippen molar-refractivity contribution < 1.29 is 13.2 Å². The van der Waals surface area contributed by atoms with Gasteiger partial charge in [0.25, 0.3) is 0 Å². The molecule has 0 N–H and O–H groups in total. The van der Waals surface area contributed by atoms with Gasteiger partial charge in [-0.2, -0.15) is 18.3 Å². The molecule has 0 spiro atoms. The number of nitrogens with zero attached hydrogens (tertiary/aromatic N) is 2. The molecule has 0 aliphatic rings. The second kappa shape index (κ2) is 4.34. The SMILES string of the molecule is FC(F)(F)c1c(Br)cnn1-c1cccc(Cl)c1. The summed E-state index contributed by atoms with van der Waals surface area (Å²) in [5.74, 6) is 0. The van der Waals surface area contributed by atoms with Gasteiger partial charge in [-0.15, -0.1) is 0 Å². The van der Waals surface area contributed by atoms with Crippen LogP contribution < -0.4 is 0 Å². The minimum atomic E-state index is -4.49. The molecule has 90 valence electrons. The molecule has 0 unspecified atom stereocenters. The lowest BCUT2D eigenvalue weighted by atomic mass is 10.3. The Morgan fingerprint density at radius 2 is 2.00 bits per heavy atom. The average Bonchev–Trinajstić information content (AvgIpc) is 2.59. The topological polar surface area (TPSA) is 17.8 Å². The highest BCUT2D eigenvalue weighted by molar-refractivity contribution is 9.10. The fourth-order valence-corrected chi connectivity index (χ4v) is 2.06. The minimum absolute atomic E-state index is 0.107. The van der Waals surface area contributed by atoms with E-state index in [-0.39, 0.29) is 10.2 Å². The number of alkyl halides is 3. The maximum absolute atomic E-state index is 12.8. The fourth-order valence-electron chi connectivity index (χ4n) is 1.39. The van der Waals surface area contributed by atoms with Crippen LogP contribution in [-0.2, 0) is 6.18 Å². The van der Waals surface area contributed by atoms with E-state index in [1.807, 2.05) is 0 Å². The lowest BCUT2D eigenvalue weighted by Crippen LogP contribution is -2.13. The Labute approximate surface area is 108 Å². The maximum atomic E-state index is 12.8. The van der Waals surface area contributed by atoms with E-state index in [2.05, 4.69) is 21.0 Å². The minimum Gasteiger partial charge on any atom is -0.227 e. The molecule has 0 radical (unpaired) electrons. The molecule has 0 atom stereocenters. The Balaban J connectivity index is 2.61. The van der Waals surface area contributed by atoms with Crippen LogP contribution in [0.1, 0.15) is 5.69 Å². The molecular formula is C10H5BrClF3N2. The zero-order valence-electron chi connectivity index (χ0n) is 8.17. The fraction of sp³-hybridized carbons (Fsp3) is 0.100. The largest absolute Gasteiger partial charge is 0.434 e. The summed E-state index contributed by atoms with van der Waals surface area (Å²) >= 11 is 8.57. The van der Waals surface area contributed by atoms with Crippen LogP contribution in [0.3, 0.4) is 0 Å².